The van der Waals surface area contributed by atoms with E-state index in [0.717, 1.165) is 12.1 Å². The Hall–Kier alpha value is -1.36. The quantitative estimate of drug-likeness (QED) is 0.620. The number of halogens is 3. The molecule has 0 bridgehead atoms. The molecular weight excluding hydrogens is 254 g/mol. The third-order valence-corrected chi connectivity index (χ3v) is 2.45. The Morgan fingerprint density at radius 2 is 2.06 bits per heavy atom. The van der Waals surface area contributed by atoms with Crippen molar-refractivity contribution in [1.29, 1.82) is 0 Å². The molecule has 0 aliphatic heterocycles. The summed E-state index contributed by atoms with van der Waals surface area (Å²) >= 11 is 5.69. The summed E-state index contributed by atoms with van der Waals surface area (Å²) in [5, 5.41) is -1.38. The number of rotatable bonds is 4. The lowest BCUT2D eigenvalue weighted by Crippen LogP contribution is -2.13. The van der Waals surface area contributed by atoms with E-state index in [1.807, 2.05) is 0 Å². The van der Waals surface area contributed by atoms with Crippen LogP contribution in [0.4, 0.5) is 8.78 Å². The number of carbonyl (C=O) groups is 1. The predicted molar refractivity (Wildman–Crippen MR) is 58.1 cm³/mol. The largest absolute Gasteiger partial charge is 0.494 e. The van der Waals surface area contributed by atoms with Crippen LogP contribution in [0.3, 0.4) is 0 Å². The summed E-state index contributed by atoms with van der Waals surface area (Å²) in [7, 11) is 1.21. The van der Waals surface area contributed by atoms with E-state index in [1.54, 1.807) is 6.92 Å². The lowest BCUT2D eigenvalue weighted by atomic mass is 10.1. The van der Waals surface area contributed by atoms with Gasteiger partial charge in [0.2, 0.25) is 0 Å². The molecule has 0 saturated carbocycles. The highest BCUT2D eigenvalue weighted by atomic mass is 35.5. The number of esters is 1. The van der Waals surface area contributed by atoms with Crippen molar-refractivity contribution in [2.24, 2.45) is 0 Å². The van der Waals surface area contributed by atoms with E-state index in [4.69, 9.17) is 11.6 Å². The smallest absolute Gasteiger partial charge is 0.328 e. The van der Waals surface area contributed by atoms with Crippen LogP contribution in [-0.4, -0.2) is 19.7 Å². The molecule has 0 N–H and O–H groups in total. The first-order chi connectivity index (χ1) is 8.01. The van der Waals surface area contributed by atoms with Gasteiger partial charge in [0.25, 0.3) is 0 Å². The number of hydrogen-bond acceptors (Lipinski definition) is 3. The van der Waals surface area contributed by atoms with Crippen molar-refractivity contribution in [2.45, 2.75) is 12.3 Å². The van der Waals surface area contributed by atoms with Gasteiger partial charge in [0.05, 0.1) is 13.7 Å². The van der Waals surface area contributed by atoms with Crippen LogP contribution in [0.1, 0.15) is 17.9 Å². The fourth-order valence-electron chi connectivity index (χ4n) is 1.24. The van der Waals surface area contributed by atoms with Gasteiger partial charge in [0, 0.05) is 11.6 Å². The molecule has 0 spiro atoms. The SMILES string of the molecule is CCOC(=O)C(Cl)c1cc(F)c(OC)cc1F. The second kappa shape index (κ2) is 5.82. The summed E-state index contributed by atoms with van der Waals surface area (Å²) in [6, 6.07) is 1.65. The Kier molecular flexibility index (Phi) is 4.69. The molecule has 6 heteroatoms. The second-order valence-electron chi connectivity index (χ2n) is 3.12. The maximum absolute atomic E-state index is 13.5. The molecule has 0 amide bonds. The van der Waals surface area contributed by atoms with E-state index in [-0.39, 0.29) is 17.9 Å². The van der Waals surface area contributed by atoms with Gasteiger partial charge in [-0.15, -0.1) is 11.6 Å². The molecule has 0 radical (unpaired) electrons. The highest BCUT2D eigenvalue weighted by molar-refractivity contribution is 6.29. The highest BCUT2D eigenvalue weighted by Crippen LogP contribution is 2.29. The monoisotopic (exact) mass is 264 g/mol. The summed E-state index contributed by atoms with van der Waals surface area (Å²) < 4.78 is 36.1. The molecule has 0 aliphatic rings. The summed E-state index contributed by atoms with van der Waals surface area (Å²) in [6.45, 7) is 1.70. The van der Waals surface area contributed by atoms with Crippen molar-refractivity contribution in [3.63, 3.8) is 0 Å². The van der Waals surface area contributed by atoms with E-state index < -0.39 is 23.0 Å². The van der Waals surface area contributed by atoms with Crippen LogP contribution in [-0.2, 0) is 9.53 Å². The number of alkyl halides is 1. The van der Waals surface area contributed by atoms with E-state index in [0.29, 0.717) is 0 Å². The summed E-state index contributed by atoms with van der Waals surface area (Å²) in [5.74, 6) is -2.69. The van der Waals surface area contributed by atoms with Gasteiger partial charge in [-0.1, -0.05) is 0 Å². The first-order valence-corrected chi connectivity index (χ1v) is 5.28. The molecular formula is C11H11ClF2O3. The zero-order valence-corrected chi connectivity index (χ0v) is 10.1. The van der Waals surface area contributed by atoms with Gasteiger partial charge < -0.3 is 9.47 Å². The molecule has 1 unspecified atom stereocenters. The van der Waals surface area contributed by atoms with Gasteiger partial charge in [0.1, 0.15) is 5.82 Å². The maximum atomic E-state index is 13.5. The highest BCUT2D eigenvalue weighted by Gasteiger charge is 2.24. The Labute approximate surface area is 102 Å². The maximum Gasteiger partial charge on any atom is 0.328 e. The first-order valence-electron chi connectivity index (χ1n) is 4.84. The van der Waals surface area contributed by atoms with Crippen LogP contribution in [0.2, 0.25) is 0 Å². The molecule has 0 saturated heterocycles. The Morgan fingerprint density at radius 1 is 1.41 bits per heavy atom. The Balaban J connectivity index is 3.06. The van der Waals surface area contributed by atoms with Gasteiger partial charge in [0.15, 0.2) is 16.9 Å². The standard InChI is InChI=1S/C11H11ClF2O3/c1-3-17-11(15)10(12)6-4-8(14)9(16-2)5-7(6)13/h4-5,10H,3H2,1-2H3. The topological polar surface area (TPSA) is 35.5 Å². The minimum absolute atomic E-state index is 0.113. The van der Waals surface area contributed by atoms with Gasteiger partial charge >= 0.3 is 5.97 Å². The fourth-order valence-corrected chi connectivity index (χ4v) is 1.47. The van der Waals surface area contributed by atoms with Crippen LogP contribution < -0.4 is 4.74 Å². The van der Waals surface area contributed by atoms with Crippen molar-refractivity contribution in [3.8, 4) is 5.75 Å². The minimum atomic E-state index is -1.38. The molecule has 94 valence electrons. The van der Waals surface area contributed by atoms with Crippen LogP contribution in [0.15, 0.2) is 12.1 Å². The van der Waals surface area contributed by atoms with Gasteiger partial charge in [-0.2, -0.15) is 0 Å². The predicted octanol–water partition coefficient (Wildman–Crippen LogP) is 2.82. The van der Waals surface area contributed by atoms with E-state index in [1.165, 1.54) is 7.11 Å². The minimum Gasteiger partial charge on any atom is -0.494 e. The van der Waals surface area contributed by atoms with E-state index in [9.17, 15) is 13.6 Å². The van der Waals surface area contributed by atoms with Crippen molar-refractivity contribution in [3.05, 3.63) is 29.3 Å². The van der Waals surface area contributed by atoms with Crippen LogP contribution in [0.5, 0.6) is 5.75 Å². The third-order valence-electron chi connectivity index (χ3n) is 2.04. The molecule has 17 heavy (non-hydrogen) atoms. The van der Waals surface area contributed by atoms with Crippen molar-refractivity contribution in [1.82, 2.24) is 0 Å². The summed E-state index contributed by atoms with van der Waals surface area (Å²) in [4.78, 5) is 11.3. The molecule has 0 fully saturated rings. The van der Waals surface area contributed by atoms with Crippen LogP contribution in [0, 0.1) is 11.6 Å². The molecule has 0 aliphatic carbocycles. The van der Waals surface area contributed by atoms with Gasteiger partial charge in [-0.3, -0.25) is 4.79 Å². The zero-order valence-electron chi connectivity index (χ0n) is 9.30. The average Bonchev–Trinajstić information content (AvgIpc) is 2.31. The molecule has 1 rings (SSSR count). The molecule has 3 nitrogen and oxygen atoms in total. The number of benzene rings is 1. The van der Waals surface area contributed by atoms with Crippen molar-refractivity contribution in [2.75, 3.05) is 13.7 Å². The number of carbonyl (C=O) groups excluding carboxylic acids is 1. The molecule has 1 aromatic rings. The lowest BCUT2D eigenvalue weighted by molar-refractivity contribution is -0.142. The average molecular weight is 265 g/mol. The number of hydrogen-bond donors (Lipinski definition) is 0. The second-order valence-corrected chi connectivity index (χ2v) is 3.56. The van der Waals surface area contributed by atoms with Crippen molar-refractivity contribution >= 4 is 17.6 Å². The normalized spacial score (nSPS) is 12.1. The van der Waals surface area contributed by atoms with E-state index >= 15 is 0 Å². The molecule has 1 atom stereocenters. The van der Waals surface area contributed by atoms with Gasteiger partial charge in [-0.25, -0.2) is 8.78 Å². The Morgan fingerprint density at radius 3 is 2.59 bits per heavy atom. The molecule has 1 aromatic carbocycles. The van der Waals surface area contributed by atoms with E-state index in [2.05, 4.69) is 9.47 Å². The Bertz CT molecular complexity index is 423. The zero-order chi connectivity index (χ0) is 13.0. The first kappa shape index (κ1) is 13.7. The number of methoxy groups -OCH3 is 1. The third kappa shape index (κ3) is 3.06. The van der Waals surface area contributed by atoms with Crippen LogP contribution >= 0.6 is 11.6 Å². The van der Waals surface area contributed by atoms with Crippen LogP contribution in [0.25, 0.3) is 0 Å². The number of ether oxygens (including phenoxy) is 2. The van der Waals surface area contributed by atoms with Gasteiger partial charge in [-0.05, 0) is 13.0 Å². The fraction of sp³-hybridized carbons (Fsp3) is 0.364. The summed E-state index contributed by atoms with van der Waals surface area (Å²) in [6.07, 6.45) is 0. The van der Waals surface area contributed by atoms with Crippen molar-refractivity contribution < 1.29 is 23.0 Å². The molecule has 0 aromatic heterocycles. The lowest BCUT2D eigenvalue weighted by Gasteiger charge is -2.11. The molecule has 0 heterocycles. The summed E-state index contributed by atoms with van der Waals surface area (Å²) in [5.41, 5.74) is -0.275.